The molecule has 0 bridgehead atoms. The van der Waals surface area contributed by atoms with Crippen molar-refractivity contribution in [1.29, 1.82) is 0 Å². The van der Waals surface area contributed by atoms with Gasteiger partial charge in [0, 0.05) is 54.9 Å². The van der Waals surface area contributed by atoms with Gasteiger partial charge in [0.15, 0.2) is 5.94 Å². The van der Waals surface area contributed by atoms with Gasteiger partial charge in [-0.2, -0.15) is 0 Å². The van der Waals surface area contributed by atoms with Crippen LogP contribution in [0.15, 0.2) is 30.4 Å². The molecule has 0 amide bonds. The van der Waals surface area contributed by atoms with Crippen LogP contribution in [0.1, 0.15) is 24.0 Å². The average molecular weight is 390 g/mol. The molecule has 1 aromatic carbocycles. The van der Waals surface area contributed by atoms with Crippen LogP contribution in [0, 0.1) is 0 Å². The zero-order valence-corrected chi connectivity index (χ0v) is 15.7. The minimum Gasteiger partial charge on any atom is -0.371 e. The average Bonchev–Trinajstić information content (AvgIpc) is 3.01. The fourth-order valence-corrected chi connectivity index (χ4v) is 3.91. The number of benzene rings is 1. The molecule has 1 fully saturated rings. The Bertz CT molecular complexity index is 661. The summed E-state index contributed by atoms with van der Waals surface area (Å²) >= 11 is 3.41. The van der Waals surface area contributed by atoms with Gasteiger partial charge in [-0.15, -0.1) is 0 Å². The summed E-state index contributed by atoms with van der Waals surface area (Å²) in [5.41, 5.74) is 4.22. The molecule has 2 aliphatic rings. The number of alkyl halides is 1. The number of hydrogen-bond acceptors (Lipinski definition) is 4. The number of nitrogens with one attached hydrogen (secondary N) is 1. The van der Waals surface area contributed by atoms with Crippen molar-refractivity contribution in [2.24, 2.45) is 0 Å². The van der Waals surface area contributed by atoms with Gasteiger partial charge in [-0.25, -0.2) is 4.79 Å². The van der Waals surface area contributed by atoms with E-state index in [9.17, 15) is 4.79 Å². The molecular weight excluding hydrogens is 366 g/mol. The predicted molar refractivity (Wildman–Crippen MR) is 103 cm³/mol. The van der Waals surface area contributed by atoms with Gasteiger partial charge in [0.2, 0.25) is 0 Å². The summed E-state index contributed by atoms with van der Waals surface area (Å²) in [4.78, 5) is 16.1. The number of fused-ring (bicyclic) bond motifs is 1. The van der Waals surface area contributed by atoms with Crippen molar-refractivity contribution in [3.63, 3.8) is 0 Å². The second-order valence-electron chi connectivity index (χ2n) is 6.39. The Labute approximate surface area is 152 Å². The number of carbonyl (C=O) groups excluding carboxylic acids is 1. The Morgan fingerprint density at radius 2 is 2.33 bits per heavy atom. The Morgan fingerprint density at radius 3 is 3.04 bits per heavy atom. The summed E-state index contributed by atoms with van der Waals surface area (Å²) in [6.45, 7) is 3.67. The highest BCUT2D eigenvalue weighted by atomic mass is 79.9. The van der Waals surface area contributed by atoms with Gasteiger partial charge in [0.1, 0.15) is 5.70 Å². The van der Waals surface area contributed by atoms with Crippen molar-refractivity contribution in [1.82, 2.24) is 10.2 Å². The molecule has 0 aromatic heterocycles. The van der Waals surface area contributed by atoms with Crippen LogP contribution in [-0.2, 0) is 11.3 Å². The van der Waals surface area contributed by atoms with Crippen LogP contribution in [-0.4, -0.2) is 48.9 Å². The largest absolute Gasteiger partial charge is 0.371 e. The molecule has 128 valence electrons. The van der Waals surface area contributed by atoms with Crippen LogP contribution in [0.5, 0.6) is 0 Å². The minimum atomic E-state index is 0.383. The number of rotatable bonds is 5. The first-order chi connectivity index (χ1) is 11.8. The molecule has 2 aliphatic heterocycles. The molecule has 0 spiro atoms. The molecule has 5 heteroatoms. The van der Waals surface area contributed by atoms with Crippen molar-refractivity contribution in [2.75, 3.05) is 36.9 Å². The molecule has 2 heterocycles. The fraction of sp³-hybridized carbons (Fsp3) is 0.474. The number of nitrogens with zero attached hydrogens (tertiary/aromatic N) is 2. The van der Waals surface area contributed by atoms with Crippen LogP contribution < -0.4 is 10.2 Å². The summed E-state index contributed by atoms with van der Waals surface area (Å²) < 4.78 is 0. The van der Waals surface area contributed by atoms with Gasteiger partial charge < -0.3 is 15.1 Å². The lowest BCUT2D eigenvalue weighted by Gasteiger charge is -2.33. The zero-order valence-electron chi connectivity index (χ0n) is 14.1. The number of allylic oxidation sites excluding steroid dienone is 1. The third kappa shape index (κ3) is 3.44. The van der Waals surface area contributed by atoms with Crippen molar-refractivity contribution in [3.8, 4) is 0 Å². The van der Waals surface area contributed by atoms with Crippen LogP contribution >= 0.6 is 15.9 Å². The molecule has 1 atom stereocenters. The van der Waals surface area contributed by atoms with E-state index in [0.29, 0.717) is 6.04 Å². The van der Waals surface area contributed by atoms with Crippen molar-refractivity contribution >= 4 is 33.3 Å². The highest BCUT2D eigenvalue weighted by Gasteiger charge is 2.33. The molecule has 24 heavy (non-hydrogen) atoms. The van der Waals surface area contributed by atoms with E-state index in [-0.39, 0.29) is 0 Å². The monoisotopic (exact) mass is 389 g/mol. The molecule has 1 saturated heterocycles. The van der Waals surface area contributed by atoms with Crippen molar-refractivity contribution in [3.05, 3.63) is 41.5 Å². The third-order valence-corrected chi connectivity index (χ3v) is 5.25. The van der Waals surface area contributed by atoms with Crippen LogP contribution in [0.4, 0.5) is 5.69 Å². The van der Waals surface area contributed by atoms with Crippen LogP contribution in [0.3, 0.4) is 0 Å². The van der Waals surface area contributed by atoms with E-state index in [1.807, 2.05) is 6.07 Å². The van der Waals surface area contributed by atoms with E-state index in [1.54, 1.807) is 0 Å². The topological polar surface area (TPSA) is 35.6 Å². The Hall–Kier alpha value is -1.55. The maximum Gasteiger partial charge on any atom is 0.151 e. The number of halogens is 1. The first kappa shape index (κ1) is 17.3. The fourth-order valence-electron chi connectivity index (χ4n) is 3.64. The highest BCUT2D eigenvalue weighted by Crippen LogP contribution is 2.38. The molecule has 1 N–H and O–H groups in total. The van der Waals surface area contributed by atoms with Gasteiger partial charge in [0.25, 0.3) is 0 Å². The highest BCUT2D eigenvalue weighted by molar-refractivity contribution is 9.09. The number of likely N-dealkylation sites (N-methyl/N-ethyl adjacent to an activating group) is 1. The maximum absolute atomic E-state index is 11.7. The van der Waals surface area contributed by atoms with E-state index in [2.05, 4.69) is 68.3 Å². The lowest BCUT2D eigenvalue weighted by molar-refractivity contribution is 0.247. The Kier molecular flexibility index (Phi) is 5.77. The van der Waals surface area contributed by atoms with E-state index < -0.39 is 0 Å². The molecule has 4 nitrogen and oxygen atoms in total. The Balaban J connectivity index is 1.87. The predicted octanol–water partition coefficient (Wildman–Crippen LogP) is 2.81. The molecule has 1 aromatic rings. The second kappa shape index (κ2) is 8.02. The molecule has 3 rings (SSSR count). The zero-order chi connectivity index (χ0) is 16.9. The van der Waals surface area contributed by atoms with Gasteiger partial charge in [0.05, 0.1) is 0 Å². The smallest absolute Gasteiger partial charge is 0.151 e. The van der Waals surface area contributed by atoms with E-state index in [4.69, 9.17) is 0 Å². The summed E-state index contributed by atoms with van der Waals surface area (Å²) in [5, 5.41) is 4.32. The molecule has 0 radical (unpaired) electrons. The lowest BCUT2D eigenvalue weighted by Crippen LogP contribution is -2.43. The molecule has 0 aliphatic carbocycles. The second-order valence-corrected chi connectivity index (χ2v) is 7.04. The maximum atomic E-state index is 11.7. The third-order valence-electron chi connectivity index (χ3n) is 4.88. The van der Waals surface area contributed by atoms with E-state index >= 15 is 0 Å². The quantitative estimate of drug-likeness (QED) is 0.477. The van der Waals surface area contributed by atoms with Crippen LogP contribution in [0.25, 0.3) is 5.70 Å². The van der Waals surface area contributed by atoms with Crippen molar-refractivity contribution in [2.45, 2.75) is 25.4 Å². The number of piperidine rings is 1. The van der Waals surface area contributed by atoms with Gasteiger partial charge in [-0.3, -0.25) is 0 Å². The molecule has 1 unspecified atom stereocenters. The normalized spacial score (nSPS) is 20.3. The Morgan fingerprint density at radius 1 is 1.46 bits per heavy atom. The lowest BCUT2D eigenvalue weighted by atomic mass is 10.1. The van der Waals surface area contributed by atoms with Gasteiger partial charge in [-0.05, 0) is 25.5 Å². The van der Waals surface area contributed by atoms with Crippen molar-refractivity contribution < 1.29 is 4.79 Å². The van der Waals surface area contributed by atoms with E-state index in [1.165, 1.54) is 11.3 Å². The minimum absolute atomic E-state index is 0.383. The standard InChI is InChI=1S/C19H24BrN3O/c1-22(11-3-2-9-20)18-8-4-7-16-17(18)13-23(19(16)14-24)15-6-5-10-21-12-15/h2-4,7-8,15,21H,5-6,9-13H2,1H3/b3-2+. The summed E-state index contributed by atoms with van der Waals surface area (Å²) in [6, 6.07) is 6.62. The SMILES string of the molecule is CN(C/C=C/CBr)c1cccc2c1CN(C1CCCNC1)C2=C=O. The summed E-state index contributed by atoms with van der Waals surface area (Å²) in [7, 11) is 2.10. The molecule has 0 saturated carbocycles. The molecular formula is C19H24BrN3O. The first-order valence-corrected chi connectivity index (χ1v) is 9.65. The number of anilines is 1. The van der Waals surface area contributed by atoms with Crippen LogP contribution in [0.2, 0.25) is 0 Å². The summed E-state index contributed by atoms with van der Waals surface area (Å²) in [6.07, 6.45) is 6.55. The number of hydrogen-bond donors (Lipinski definition) is 1. The van der Waals surface area contributed by atoms with Gasteiger partial charge >= 0.3 is 0 Å². The van der Waals surface area contributed by atoms with Gasteiger partial charge in [-0.1, -0.05) is 40.2 Å². The first-order valence-electron chi connectivity index (χ1n) is 8.53. The summed E-state index contributed by atoms with van der Waals surface area (Å²) in [5.74, 6) is 2.21. The van der Waals surface area contributed by atoms with E-state index in [0.717, 1.165) is 55.6 Å².